The molecule has 7 nitrogen and oxygen atoms in total. The first-order valence-corrected chi connectivity index (χ1v) is 9.26. The molecule has 4 rings (SSSR count). The highest BCUT2D eigenvalue weighted by molar-refractivity contribution is 5.95. The topological polar surface area (TPSA) is 88.9 Å². The lowest BCUT2D eigenvalue weighted by atomic mass is 10.2. The second-order valence-electron chi connectivity index (χ2n) is 6.89. The van der Waals surface area contributed by atoms with E-state index in [9.17, 15) is 9.59 Å². The van der Waals surface area contributed by atoms with Crippen molar-refractivity contribution in [2.45, 2.75) is 26.3 Å². The van der Waals surface area contributed by atoms with Crippen molar-refractivity contribution in [2.75, 3.05) is 5.32 Å². The monoisotopic (exact) mass is 375 g/mol. The first-order chi connectivity index (χ1) is 13.6. The number of nitrogens with zero attached hydrogens (tertiary/aromatic N) is 3. The first-order valence-electron chi connectivity index (χ1n) is 9.26. The van der Waals surface area contributed by atoms with E-state index < -0.39 is 0 Å². The SMILES string of the molecule is Cc1nn(-c2cccc(C(=O)NCc3ccccn3)c2)cc1NC(=O)C1CC1. The lowest BCUT2D eigenvalue weighted by Crippen LogP contribution is -2.23. The van der Waals surface area contributed by atoms with Crippen molar-refractivity contribution in [3.05, 3.63) is 71.8 Å². The van der Waals surface area contributed by atoms with Crippen LogP contribution in [0.4, 0.5) is 5.69 Å². The van der Waals surface area contributed by atoms with E-state index in [4.69, 9.17) is 0 Å². The Balaban J connectivity index is 1.47. The molecule has 142 valence electrons. The number of rotatable bonds is 6. The maximum absolute atomic E-state index is 12.5. The number of anilines is 1. The highest BCUT2D eigenvalue weighted by Gasteiger charge is 2.30. The van der Waals surface area contributed by atoms with Crippen LogP contribution in [0.3, 0.4) is 0 Å². The molecule has 1 aliphatic carbocycles. The Bertz CT molecular complexity index is 1010. The smallest absolute Gasteiger partial charge is 0.251 e. The number of carbonyl (C=O) groups excluding carboxylic acids is 2. The number of pyridine rings is 1. The van der Waals surface area contributed by atoms with E-state index in [1.807, 2.05) is 37.3 Å². The van der Waals surface area contributed by atoms with Crippen molar-refractivity contribution in [1.29, 1.82) is 0 Å². The van der Waals surface area contributed by atoms with E-state index in [0.717, 1.165) is 29.9 Å². The molecule has 2 amide bonds. The minimum absolute atomic E-state index is 0.0466. The van der Waals surface area contributed by atoms with Gasteiger partial charge in [0.25, 0.3) is 5.91 Å². The zero-order valence-electron chi connectivity index (χ0n) is 15.6. The molecule has 1 aromatic carbocycles. The van der Waals surface area contributed by atoms with Crippen LogP contribution in [0, 0.1) is 12.8 Å². The second-order valence-corrected chi connectivity index (χ2v) is 6.89. The third kappa shape index (κ3) is 4.09. The molecule has 0 aliphatic heterocycles. The molecule has 3 aromatic rings. The molecular weight excluding hydrogens is 354 g/mol. The third-order valence-electron chi connectivity index (χ3n) is 4.63. The molecule has 0 atom stereocenters. The number of nitrogens with one attached hydrogen (secondary N) is 2. The molecule has 7 heteroatoms. The summed E-state index contributed by atoms with van der Waals surface area (Å²) in [5.74, 6) is -0.00202. The minimum atomic E-state index is -0.182. The van der Waals surface area contributed by atoms with Gasteiger partial charge < -0.3 is 10.6 Å². The number of carbonyl (C=O) groups is 2. The summed E-state index contributed by atoms with van der Waals surface area (Å²) < 4.78 is 1.67. The highest BCUT2D eigenvalue weighted by Crippen LogP contribution is 2.30. The summed E-state index contributed by atoms with van der Waals surface area (Å²) in [5.41, 5.74) is 3.51. The molecule has 2 N–H and O–H groups in total. The summed E-state index contributed by atoms with van der Waals surface area (Å²) in [6.45, 7) is 2.21. The van der Waals surface area contributed by atoms with Gasteiger partial charge in [-0.2, -0.15) is 5.10 Å². The van der Waals surface area contributed by atoms with Gasteiger partial charge in [-0.3, -0.25) is 14.6 Å². The van der Waals surface area contributed by atoms with Gasteiger partial charge in [0.2, 0.25) is 5.91 Å². The maximum Gasteiger partial charge on any atom is 0.251 e. The molecule has 0 unspecified atom stereocenters. The van der Waals surface area contributed by atoms with Crippen molar-refractivity contribution in [2.24, 2.45) is 5.92 Å². The van der Waals surface area contributed by atoms with E-state index in [0.29, 0.717) is 17.8 Å². The van der Waals surface area contributed by atoms with E-state index in [2.05, 4.69) is 20.7 Å². The summed E-state index contributed by atoms with van der Waals surface area (Å²) in [6.07, 6.45) is 5.38. The average Bonchev–Trinajstić information content (AvgIpc) is 3.51. The zero-order valence-corrected chi connectivity index (χ0v) is 15.6. The van der Waals surface area contributed by atoms with E-state index in [-0.39, 0.29) is 17.7 Å². The molecule has 0 radical (unpaired) electrons. The molecule has 2 aromatic heterocycles. The predicted octanol–water partition coefficient (Wildman–Crippen LogP) is 2.85. The number of benzene rings is 1. The number of hydrogen-bond donors (Lipinski definition) is 2. The number of aromatic nitrogens is 3. The minimum Gasteiger partial charge on any atom is -0.346 e. The highest BCUT2D eigenvalue weighted by atomic mass is 16.2. The van der Waals surface area contributed by atoms with Gasteiger partial charge in [-0.1, -0.05) is 12.1 Å². The van der Waals surface area contributed by atoms with E-state index >= 15 is 0 Å². The largest absolute Gasteiger partial charge is 0.346 e. The van der Waals surface area contributed by atoms with Crippen LogP contribution in [0.1, 0.15) is 34.6 Å². The summed E-state index contributed by atoms with van der Waals surface area (Å²) in [4.78, 5) is 28.7. The Morgan fingerprint density at radius 2 is 2.04 bits per heavy atom. The standard InChI is InChI=1S/C21H21N5O2/c1-14-19(24-21(28)15-8-9-15)13-26(25-14)18-7-4-5-16(11-18)20(27)23-12-17-6-2-3-10-22-17/h2-7,10-11,13,15H,8-9,12H2,1H3,(H,23,27)(H,24,28). The van der Waals surface area contributed by atoms with Crippen LogP contribution in [0.5, 0.6) is 0 Å². The quantitative estimate of drug-likeness (QED) is 0.693. The summed E-state index contributed by atoms with van der Waals surface area (Å²) in [6, 6.07) is 12.8. The van der Waals surface area contributed by atoms with Gasteiger partial charge in [-0.25, -0.2) is 4.68 Å². The summed E-state index contributed by atoms with van der Waals surface area (Å²) >= 11 is 0. The summed E-state index contributed by atoms with van der Waals surface area (Å²) in [7, 11) is 0. The zero-order chi connectivity index (χ0) is 19.5. The fraction of sp³-hybridized carbons (Fsp3) is 0.238. The molecule has 2 heterocycles. The van der Waals surface area contributed by atoms with Crippen LogP contribution in [-0.2, 0) is 11.3 Å². The van der Waals surface area contributed by atoms with Gasteiger partial charge in [0.1, 0.15) is 0 Å². The Hall–Kier alpha value is -3.48. The van der Waals surface area contributed by atoms with Gasteiger partial charge in [0.05, 0.1) is 35.5 Å². The van der Waals surface area contributed by atoms with Crippen molar-refractivity contribution >= 4 is 17.5 Å². The molecule has 28 heavy (non-hydrogen) atoms. The number of aryl methyl sites for hydroxylation is 1. The molecule has 1 aliphatic rings. The Kier molecular flexibility index (Phi) is 4.89. The van der Waals surface area contributed by atoms with Crippen LogP contribution >= 0.6 is 0 Å². The fourth-order valence-electron chi connectivity index (χ4n) is 2.86. The third-order valence-corrected chi connectivity index (χ3v) is 4.63. The fourth-order valence-corrected chi connectivity index (χ4v) is 2.86. The maximum atomic E-state index is 12.5. The Morgan fingerprint density at radius 1 is 1.18 bits per heavy atom. The number of amides is 2. The van der Waals surface area contributed by atoms with E-state index in [1.54, 1.807) is 29.2 Å². The van der Waals surface area contributed by atoms with Crippen LogP contribution in [-0.4, -0.2) is 26.6 Å². The van der Waals surface area contributed by atoms with Crippen LogP contribution in [0.2, 0.25) is 0 Å². The molecule has 0 saturated heterocycles. The Morgan fingerprint density at radius 3 is 2.79 bits per heavy atom. The normalized spacial score (nSPS) is 13.2. The van der Waals surface area contributed by atoms with Crippen molar-refractivity contribution in [3.63, 3.8) is 0 Å². The Labute approximate surface area is 162 Å². The van der Waals surface area contributed by atoms with Gasteiger partial charge in [0.15, 0.2) is 0 Å². The molecular formula is C21H21N5O2. The van der Waals surface area contributed by atoms with Crippen molar-refractivity contribution < 1.29 is 9.59 Å². The van der Waals surface area contributed by atoms with Gasteiger partial charge in [0, 0.05) is 17.7 Å². The molecule has 0 spiro atoms. The van der Waals surface area contributed by atoms with Gasteiger partial charge in [-0.15, -0.1) is 0 Å². The molecule has 1 fully saturated rings. The van der Waals surface area contributed by atoms with Crippen LogP contribution in [0.25, 0.3) is 5.69 Å². The number of hydrogen-bond acceptors (Lipinski definition) is 4. The van der Waals surface area contributed by atoms with Crippen LogP contribution < -0.4 is 10.6 Å². The first kappa shape index (κ1) is 17.9. The average molecular weight is 375 g/mol. The second kappa shape index (κ2) is 7.64. The van der Waals surface area contributed by atoms with E-state index in [1.165, 1.54) is 0 Å². The lowest BCUT2D eigenvalue weighted by Gasteiger charge is -2.07. The summed E-state index contributed by atoms with van der Waals surface area (Å²) in [5, 5.41) is 10.3. The van der Waals surface area contributed by atoms with Crippen molar-refractivity contribution in [1.82, 2.24) is 20.1 Å². The molecule has 1 saturated carbocycles. The van der Waals surface area contributed by atoms with Crippen LogP contribution in [0.15, 0.2) is 54.9 Å². The predicted molar refractivity (Wildman–Crippen MR) is 105 cm³/mol. The van der Waals surface area contributed by atoms with Crippen molar-refractivity contribution in [3.8, 4) is 5.69 Å². The van der Waals surface area contributed by atoms with Gasteiger partial charge in [-0.05, 0) is 50.1 Å². The molecule has 0 bridgehead atoms. The lowest BCUT2D eigenvalue weighted by molar-refractivity contribution is -0.117. The van der Waals surface area contributed by atoms with Gasteiger partial charge >= 0.3 is 0 Å².